The molecule has 0 unspecified atom stereocenters. The maximum absolute atomic E-state index is 5.91. The number of alkyl halides is 2. The Balaban J connectivity index is 2.92. The largest absolute Gasteiger partial charge is 0.125 e. The summed E-state index contributed by atoms with van der Waals surface area (Å²) in [5, 5.41) is 0.191. The van der Waals surface area contributed by atoms with Crippen molar-refractivity contribution in [2.45, 2.75) is 70.1 Å². The monoisotopic (exact) mass is 238 g/mol. The van der Waals surface area contributed by atoms with Crippen molar-refractivity contribution < 1.29 is 0 Å². The topological polar surface area (TPSA) is 0 Å². The summed E-state index contributed by atoms with van der Waals surface area (Å²) < 4.78 is 0. The van der Waals surface area contributed by atoms with E-state index in [1.54, 1.807) is 0 Å². The molecular weight excluding hydrogens is 215 g/mol. The second kappa shape index (κ2) is 11.7. The molecule has 0 fully saturated rings. The van der Waals surface area contributed by atoms with Crippen LogP contribution in [-0.2, 0) is 0 Å². The molecule has 0 heterocycles. The summed E-state index contributed by atoms with van der Waals surface area (Å²) >= 11 is 11.5. The van der Waals surface area contributed by atoms with E-state index in [1.807, 2.05) is 0 Å². The van der Waals surface area contributed by atoms with E-state index in [4.69, 9.17) is 23.2 Å². The van der Waals surface area contributed by atoms with E-state index in [2.05, 4.69) is 6.92 Å². The quantitative estimate of drug-likeness (QED) is 0.355. The average Bonchev–Trinajstić information content (AvgIpc) is 2.21. The van der Waals surface area contributed by atoms with Crippen molar-refractivity contribution >= 4 is 23.2 Å². The van der Waals surface area contributed by atoms with Crippen molar-refractivity contribution in [3.8, 4) is 0 Å². The van der Waals surface area contributed by atoms with E-state index in [0.29, 0.717) is 5.88 Å². The molecule has 0 rings (SSSR count). The Labute approximate surface area is 99.4 Å². The highest BCUT2D eigenvalue weighted by Gasteiger charge is 2.00. The van der Waals surface area contributed by atoms with Crippen molar-refractivity contribution in [3.05, 3.63) is 0 Å². The zero-order valence-corrected chi connectivity index (χ0v) is 10.9. The number of rotatable bonds is 10. The number of unbranched alkanes of at least 4 members (excludes halogenated alkanes) is 7. The lowest BCUT2D eigenvalue weighted by Crippen LogP contribution is -1.99. The van der Waals surface area contributed by atoms with Crippen LogP contribution in [-0.4, -0.2) is 11.3 Å². The van der Waals surface area contributed by atoms with Crippen molar-refractivity contribution in [1.29, 1.82) is 0 Å². The van der Waals surface area contributed by atoms with E-state index in [1.165, 1.54) is 51.4 Å². The van der Waals surface area contributed by atoms with Crippen LogP contribution in [0.2, 0.25) is 0 Å². The molecule has 86 valence electrons. The molecule has 0 spiro atoms. The number of halogens is 2. The molecule has 14 heavy (non-hydrogen) atoms. The molecule has 1 atom stereocenters. The van der Waals surface area contributed by atoms with Crippen molar-refractivity contribution in [2.24, 2.45) is 0 Å². The summed E-state index contributed by atoms with van der Waals surface area (Å²) in [6.45, 7) is 2.26. The molecule has 0 aliphatic heterocycles. The van der Waals surface area contributed by atoms with Crippen LogP contribution in [0.5, 0.6) is 0 Å². The molecular formula is C12H24Cl2. The van der Waals surface area contributed by atoms with Gasteiger partial charge >= 0.3 is 0 Å². The summed E-state index contributed by atoms with van der Waals surface area (Å²) in [5.41, 5.74) is 0. The van der Waals surface area contributed by atoms with Crippen LogP contribution in [0.3, 0.4) is 0 Å². The SMILES string of the molecule is CCCCCCCCCC[C@H](Cl)CCl. The Kier molecular flexibility index (Phi) is 12.1. The van der Waals surface area contributed by atoms with Gasteiger partial charge in [-0.25, -0.2) is 0 Å². The molecule has 0 saturated heterocycles. The fraction of sp³-hybridized carbons (Fsp3) is 1.00. The Bertz CT molecular complexity index is 104. The fourth-order valence-corrected chi connectivity index (χ4v) is 1.89. The molecule has 0 N–H and O–H groups in total. The minimum absolute atomic E-state index is 0.191. The average molecular weight is 239 g/mol. The van der Waals surface area contributed by atoms with Crippen LogP contribution in [0.15, 0.2) is 0 Å². The molecule has 0 nitrogen and oxygen atoms in total. The Morgan fingerprint density at radius 3 is 1.86 bits per heavy atom. The maximum Gasteiger partial charge on any atom is 0.0471 e. The molecule has 0 amide bonds. The standard InChI is InChI=1S/C12H24Cl2/c1-2-3-4-5-6-7-8-9-10-12(14)11-13/h12H,2-11H2,1H3/t12-/m0/s1. The summed E-state index contributed by atoms with van der Waals surface area (Å²) in [7, 11) is 0. The van der Waals surface area contributed by atoms with Gasteiger partial charge in [0.25, 0.3) is 0 Å². The first-order valence-corrected chi connectivity index (χ1v) is 6.98. The third-order valence-electron chi connectivity index (χ3n) is 2.54. The lowest BCUT2D eigenvalue weighted by atomic mass is 10.1. The Hall–Kier alpha value is 0.580. The molecule has 0 radical (unpaired) electrons. The van der Waals surface area contributed by atoms with Gasteiger partial charge in [0, 0.05) is 11.3 Å². The smallest absolute Gasteiger partial charge is 0.0471 e. The van der Waals surface area contributed by atoms with Crippen molar-refractivity contribution in [2.75, 3.05) is 5.88 Å². The lowest BCUT2D eigenvalue weighted by Gasteiger charge is -2.04. The fourth-order valence-electron chi connectivity index (χ4n) is 1.58. The molecule has 0 aromatic rings. The van der Waals surface area contributed by atoms with Gasteiger partial charge in [-0.05, 0) is 6.42 Å². The van der Waals surface area contributed by atoms with Gasteiger partial charge in [-0.3, -0.25) is 0 Å². The van der Waals surface area contributed by atoms with Crippen LogP contribution in [0.1, 0.15) is 64.7 Å². The first kappa shape index (κ1) is 14.6. The second-order valence-corrected chi connectivity index (χ2v) is 4.94. The van der Waals surface area contributed by atoms with Gasteiger partial charge in [0.15, 0.2) is 0 Å². The normalized spacial score (nSPS) is 13.1. The minimum Gasteiger partial charge on any atom is -0.125 e. The van der Waals surface area contributed by atoms with Crippen LogP contribution in [0.25, 0.3) is 0 Å². The van der Waals surface area contributed by atoms with Gasteiger partial charge in [0.05, 0.1) is 0 Å². The highest BCUT2D eigenvalue weighted by atomic mass is 35.5. The first-order chi connectivity index (χ1) is 6.81. The van der Waals surface area contributed by atoms with Gasteiger partial charge in [-0.15, -0.1) is 23.2 Å². The zero-order chi connectivity index (χ0) is 10.6. The summed E-state index contributed by atoms with van der Waals surface area (Å²) in [4.78, 5) is 0. The van der Waals surface area contributed by atoms with E-state index >= 15 is 0 Å². The molecule has 0 aromatic carbocycles. The first-order valence-electron chi connectivity index (χ1n) is 6.01. The van der Waals surface area contributed by atoms with Crippen LogP contribution in [0, 0.1) is 0 Å². The number of hydrogen-bond donors (Lipinski definition) is 0. The maximum atomic E-state index is 5.91. The third kappa shape index (κ3) is 10.7. The molecule has 0 aliphatic carbocycles. The highest BCUT2D eigenvalue weighted by molar-refractivity contribution is 6.28. The minimum atomic E-state index is 0.191. The van der Waals surface area contributed by atoms with Crippen molar-refractivity contribution in [1.82, 2.24) is 0 Å². The summed E-state index contributed by atoms with van der Waals surface area (Å²) in [6, 6.07) is 0. The summed E-state index contributed by atoms with van der Waals surface area (Å²) in [6.07, 6.45) is 12.0. The molecule has 0 aliphatic rings. The highest BCUT2D eigenvalue weighted by Crippen LogP contribution is 2.13. The second-order valence-electron chi connectivity index (χ2n) is 4.02. The van der Waals surface area contributed by atoms with Crippen LogP contribution < -0.4 is 0 Å². The van der Waals surface area contributed by atoms with Gasteiger partial charge in [-0.2, -0.15) is 0 Å². The van der Waals surface area contributed by atoms with Gasteiger partial charge < -0.3 is 0 Å². The van der Waals surface area contributed by atoms with Crippen molar-refractivity contribution in [3.63, 3.8) is 0 Å². The van der Waals surface area contributed by atoms with E-state index in [-0.39, 0.29) is 5.38 Å². The third-order valence-corrected chi connectivity index (χ3v) is 3.44. The van der Waals surface area contributed by atoms with E-state index < -0.39 is 0 Å². The van der Waals surface area contributed by atoms with E-state index in [0.717, 1.165) is 6.42 Å². The Morgan fingerprint density at radius 2 is 1.36 bits per heavy atom. The molecule has 0 saturated carbocycles. The molecule has 0 bridgehead atoms. The summed E-state index contributed by atoms with van der Waals surface area (Å²) in [5.74, 6) is 0.595. The van der Waals surface area contributed by atoms with Gasteiger partial charge in [-0.1, -0.05) is 58.3 Å². The van der Waals surface area contributed by atoms with E-state index in [9.17, 15) is 0 Å². The van der Waals surface area contributed by atoms with Crippen LogP contribution in [0.4, 0.5) is 0 Å². The molecule has 0 aromatic heterocycles. The Morgan fingerprint density at radius 1 is 0.857 bits per heavy atom. The van der Waals surface area contributed by atoms with Gasteiger partial charge in [0.2, 0.25) is 0 Å². The van der Waals surface area contributed by atoms with Gasteiger partial charge in [0.1, 0.15) is 0 Å². The lowest BCUT2D eigenvalue weighted by molar-refractivity contribution is 0.564. The predicted molar refractivity (Wildman–Crippen MR) is 67.6 cm³/mol. The number of hydrogen-bond acceptors (Lipinski definition) is 0. The predicted octanol–water partition coefficient (Wildman–Crippen LogP) is 5.36. The van der Waals surface area contributed by atoms with Crippen LogP contribution >= 0.6 is 23.2 Å². The zero-order valence-electron chi connectivity index (χ0n) is 9.40. The molecule has 2 heteroatoms.